The van der Waals surface area contributed by atoms with Crippen molar-refractivity contribution >= 4 is 22.4 Å². The maximum absolute atomic E-state index is 2.40. The minimum atomic E-state index is 0.538. The summed E-state index contributed by atoms with van der Waals surface area (Å²) in [4.78, 5) is 0. The smallest absolute Gasteiger partial charge is 0.00358 e. The summed E-state index contributed by atoms with van der Waals surface area (Å²) in [6.45, 7) is 4.53. The largest absolute Gasteiger partial charge is 0.0691 e. The summed E-state index contributed by atoms with van der Waals surface area (Å²) in [7, 11) is 0. The Morgan fingerprint density at radius 1 is 0.762 bits per heavy atom. The fourth-order valence-electron chi connectivity index (χ4n) is 3.40. The first-order valence-corrected chi connectivity index (χ1v) is 7.55. The Labute approximate surface area is 125 Å². The Kier molecular flexibility index (Phi) is 2.71. The first kappa shape index (κ1) is 12.4. The van der Waals surface area contributed by atoms with E-state index in [1.54, 1.807) is 0 Å². The number of rotatable bonds is 1. The molecule has 0 fully saturated rings. The van der Waals surface area contributed by atoms with Gasteiger partial charge in [0.2, 0.25) is 0 Å². The topological polar surface area (TPSA) is 0 Å². The highest BCUT2D eigenvalue weighted by Gasteiger charge is 2.13. The number of fused-ring (bicyclic) bond motifs is 2. The van der Waals surface area contributed by atoms with Crippen LogP contribution in [0.5, 0.6) is 0 Å². The molecule has 0 amide bonds. The molecule has 1 atom stereocenters. The molecule has 0 N–H and O–H groups in total. The summed E-state index contributed by atoms with van der Waals surface area (Å²) in [6.07, 6.45) is 2.40. The van der Waals surface area contributed by atoms with E-state index < -0.39 is 0 Å². The van der Waals surface area contributed by atoms with Gasteiger partial charge in [-0.05, 0) is 45.2 Å². The van der Waals surface area contributed by atoms with Crippen molar-refractivity contribution in [2.75, 3.05) is 0 Å². The molecule has 102 valence electrons. The van der Waals surface area contributed by atoms with E-state index >= 15 is 0 Å². The predicted molar refractivity (Wildman–Crippen MR) is 91.3 cm³/mol. The van der Waals surface area contributed by atoms with Gasteiger partial charge in [0.05, 0.1) is 0 Å². The van der Waals surface area contributed by atoms with Crippen LogP contribution in [0.2, 0.25) is 0 Å². The Hall–Kier alpha value is -2.34. The molecule has 0 unspecified atom stereocenters. The van der Waals surface area contributed by atoms with Crippen LogP contribution >= 0.6 is 0 Å². The Morgan fingerprint density at radius 2 is 1.48 bits per heavy atom. The molecule has 0 aromatic heterocycles. The fourth-order valence-corrected chi connectivity index (χ4v) is 3.40. The monoisotopic (exact) mass is 270 g/mol. The summed E-state index contributed by atoms with van der Waals surface area (Å²) in [6, 6.07) is 21.9. The van der Waals surface area contributed by atoms with Crippen molar-refractivity contribution in [2.24, 2.45) is 5.92 Å². The summed E-state index contributed by atoms with van der Waals surface area (Å²) < 4.78 is 0. The molecule has 21 heavy (non-hydrogen) atoms. The second-order valence-electron chi connectivity index (χ2n) is 5.93. The predicted octanol–water partition coefficient (Wildman–Crippen LogP) is 4.11. The van der Waals surface area contributed by atoms with Gasteiger partial charge in [-0.1, -0.05) is 79.2 Å². The lowest BCUT2D eigenvalue weighted by molar-refractivity contribution is 1.02. The zero-order valence-corrected chi connectivity index (χ0v) is 12.4. The van der Waals surface area contributed by atoms with Crippen LogP contribution < -0.4 is 10.4 Å². The van der Waals surface area contributed by atoms with Crippen molar-refractivity contribution < 1.29 is 0 Å². The van der Waals surface area contributed by atoms with Gasteiger partial charge in [-0.25, -0.2) is 0 Å². The van der Waals surface area contributed by atoms with E-state index in [1.807, 2.05) is 0 Å². The summed E-state index contributed by atoms with van der Waals surface area (Å²) in [5.41, 5.74) is 4.17. The van der Waals surface area contributed by atoms with Crippen molar-refractivity contribution in [1.29, 1.82) is 0 Å². The van der Waals surface area contributed by atoms with E-state index in [0.717, 1.165) is 0 Å². The van der Waals surface area contributed by atoms with Crippen molar-refractivity contribution in [3.05, 3.63) is 71.1 Å². The van der Waals surface area contributed by atoms with Crippen molar-refractivity contribution in [3.8, 4) is 11.1 Å². The van der Waals surface area contributed by atoms with Crippen molar-refractivity contribution in [2.45, 2.75) is 13.8 Å². The van der Waals surface area contributed by atoms with Crippen LogP contribution in [0.15, 0.2) is 60.7 Å². The number of hydrogen-bond donors (Lipinski definition) is 0. The average Bonchev–Trinajstić information content (AvgIpc) is 2.82. The molecule has 0 aliphatic heterocycles. The van der Waals surface area contributed by atoms with E-state index in [0.29, 0.717) is 5.92 Å². The van der Waals surface area contributed by atoms with Gasteiger partial charge in [0.25, 0.3) is 0 Å². The van der Waals surface area contributed by atoms with Gasteiger partial charge < -0.3 is 0 Å². The molecule has 0 saturated heterocycles. The van der Waals surface area contributed by atoms with Gasteiger partial charge in [0.1, 0.15) is 0 Å². The second kappa shape index (κ2) is 4.60. The van der Waals surface area contributed by atoms with Crippen molar-refractivity contribution in [1.82, 2.24) is 0 Å². The highest BCUT2D eigenvalue weighted by Crippen LogP contribution is 2.27. The summed E-state index contributed by atoms with van der Waals surface area (Å²) >= 11 is 0. The molecular formula is C21H18. The first-order chi connectivity index (χ1) is 10.3. The lowest BCUT2D eigenvalue weighted by atomic mass is 9.96. The third-order valence-corrected chi connectivity index (χ3v) is 4.71. The Balaban J connectivity index is 2.12. The standard InChI is InChI=1S/C21H18/c1-14-13-21-17(15(14)2)10-6-12-20(21)19-11-5-8-16-7-3-4-9-18(16)19/h3-14H,1-2H3/t14-/m1/s1. The van der Waals surface area contributed by atoms with Crippen LogP contribution in [0.3, 0.4) is 0 Å². The van der Waals surface area contributed by atoms with Gasteiger partial charge in [-0.2, -0.15) is 0 Å². The Bertz CT molecular complexity index is 955. The lowest BCUT2D eigenvalue weighted by Crippen LogP contribution is -2.24. The minimum Gasteiger partial charge on any atom is -0.0691 e. The van der Waals surface area contributed by atoms with Gasteiger partial charge in [-0.15, -0.1) is 0 Å². The van der Waals surface area contributed by atoms with E-state index in [9.17, 15) is 0 Å². The third-order valence-electron chi connectivity index (χ3n) is 4.71. The molecule has 1 aliphatic rings. The first-order valence-electron chi connectivity index (χ1n) is 7.55. The molecule has 0 heterocycles. The summed E-state index contributed by atoms with van der Waals surface area (Å²) in [5.74, 6) is 0.538. The molecule has 4 rings (SSSR count). The van der Waals surface area contributed by atoms with Crippen LogP contribution in [0.4, 0.5) is 0 Å². The quantitative estimate of drug-likeness (QED) is 0.624. The molecule has 0 heteroatoms. The minimum absolute atomic E-state index is 0.538. The zero-order valence-electron chi connectivity index (χ0n) is 12.4. The molecule has 0 radical (unpaired) electrons. The average molecular weight is 270 g/mol. The van der Waals surface area contributed by atoms with E-state index in [1.165, 1.54) is 37.9 Å². The van der Waals surface area contributed by atoms with Crippen LogP contribution in [0.1, 0.15) is 13.8 Å². The highest BCUT2D eigenvalue weighted by molar-refractivity contribution is 5.97. The van der Waals surface area contributed by atoms with E-state index in [-0.39, 0.29) is 0 Å². The SMILES string of the molecule is CC1=c2cccc(-c3cccc4ccccc34)c2=C[C@H]1C. The molecule has 3 aromatic rings. The van der Waals surface area contributed by atoms with E-state index in [4.69, 9.17) is 0 Å². The molecule has 1 aliphatic carbocycles. The molecule has 0 spiro atoms. The van der Waals surface area contributed by atoms with Crippen LogP contribution in [-0.4, -0.2) is 0 Å². The number of hydrogen-bond acceptors (Lipinski definition) is 0. The normalized spacial score (nSPS) is 16.9. The van der Waals surface area contributed by atoms with Gasteiger partial charge in [0, 0.05) is 0 Å². The van der Waals surface area contributed by atoms with E-state index in [2.05, 4.69) is 80.6 Å². The second-order valence-corrected chi connectivity index (χ2v) is 5.93. The van der Waals surface area contributed by atoms with Crippen LogP contribution in [-0.2, 0) is 0 Å². The maximum Gasteiger partial charge on any atom is -0.00358 e. The van der Waals surface area contributed by atoms with Gasteiger partial charge >= 0.3 is 0 Å². The van der Waals surface area contributed by atoms with Crippen LogP contribution in [0.25, 0.3) is 33.5 Å². The van der Waals surface area contributed by atoms with Gasteiger partial charge in [0.15, 0.2) is 0 Å². The number of benzene rings is 3. The Morgan fingerprint density at radius 3 is 2.38 bits per heavy atom. The molecule has 3 aromatic carbocycles. The molecule has 0 bridgehead atoms. The van der Waals surface area contributed by atoms with Gasteiger partial charge in [-0.3, -0.25) is 0 Å². The highest BCUT2D eigenvalue weighted by atomic mass is 14.2. The molecule has 0 nitrogen and oxygen atoms in total. The summed E-state index contributed by atoms with van der Waals surface area (Å²) in [5, 5.41) is 5.45. The fraction of sp³-hybridized carbons (Fsp3) is 0.143. The maximum atomic E-state index is 2.40. The molecule has 0 saturated carbocycles. The van der Waals surface area contributed by atoms with Crippen LogP contribution in [0, 0.1) is 5.92 Å². The molecular weight excluding hydrogens is 252 g/mol. The van der Waals surface area contributed by atoms with Crippen molar-refractivity contribution in [3.63, 3.8) is 0 Å². The third kappa shape index (κ3) is 1.83. The zero-order chi connectivity index (χ0) is 14.4. The lowest BCUT2D eigenvalue weighted by Gasteiger charge is -2.07.